The van der Waals surface area contributed by atoms with Gasteiger partial charge in [0, 0.05) is 13.1 Å². The molecule has 4 heteroatoms. The highest BCUT2D eigenvalue weighted by Crippen LogP contribution is 2.03. The number of aliphatic hydroxyl groups is 1. The zero-order chi connectivity index (χ0) is 14.9. The number of urea groups is 1. The van der Waals surface area contributed by atoms with Gasteiger partial charge in [-0.15, -0.1) is 0 Å². The van der Waals surface area contributed by atoms with Gasteiger partial charge in [-0.05, 0) is 23.1 Å². The first-order valence-electron chi connectivity index (χ1n) is 7.02. The van der Waals surface area contributed by atoms with E-state index >= 15 is 0 Å². The van der Waals surface area contributed by atoms with E-state index in [9.17, 15) is 4.79 Å². The van der Waals surface area contributed by atoms with Crippen LogP contribution >= 0.6 is 0 Å². The minimum absolute atomic E-state index is 0.0354. The van der Waals surface area contributed by atoms with E-state index in [-0.39, 0.29) is 12.6 Å². The summed E-state index contributed by atoms with van der Waals surface area (Å²) in [5.41, 5.74) is 3.08. The first-order chi connectivity index (χ1) is 10.3. The molecule has 0 spiro atoms. The maximum Gasteiger partial charge on any atom is 0.315 e. The van der Waals surface area contributed by atoms with Crippen LogP contribution in [0.2, 0.25) is 0 Å². The van der Waals surface area contributed by atoms with E-state index in [1.807, 2.05) is 54.6 Å². The van der Waals surface area contributed by atoms with Crippen molar-refractivity contribution in [2.75, 3.05) is 6.54 Å². The summed E-state index contributed by atoms with van der Waals surface area (Å²) in [5.74, 6) is 0. The zero-order valence-electron chi connectivity index (χ0n) is 11.9. The molecular formula is C17H20N2O2. The summed E-state index contributed by atoms with van der Waals surface area (Å²) in [7, 11) is 0. The Morgan fingerprint density at radius 1 is 0.857 bits per heavy atom. The van der Waals surface area contributed by atoms with Gasteiger partial charge in [0.25, 0.3) is 0 Å². The van der Waals surface area contributed by atoms with Crippen LogP contribution in [0.3, 0.4) is 0 Å². The molecule has 0 aromatic heterocycles. The maximum atomic E-state index is 11.7. The zero-order valence-corrected chi connectivity index (χ0v) is 11.9. The number of benzene rings is 2. The first-order valence-corrected chi connectivity index (χ1v) is 7.02. The lowest BCUT2D eigenvalue weighted by atomic mass is 10.1. The predicted molar refractivity (Wildman–Crippen MR) is 82.7 cm³/mol. The Morgan fingerprint density at radius 2 is 1.52 bits per heavy atom. The van der Waals surface area contributed by atoms with Crippen LogP contribution in [0.4, 0.5) is 4.79 Å². The fourth-order valence-electron chi connectivity index (χ4n) is 1.97. The van der Waals surface area contributed by atoms with Crippen molar-refractivity contribution >= 4 is 6.03 Å². The van der Waals surface area contributed by atoms with Crippen LogP contribution in [-0.2, 0) is 19.6 Å². The van der Waals surface area contributed by atoms with E-state index in [1.165, 1.54) is 5.56 Å². The molecule has 21 heavy (non-hydrogen) atoms. The van der Waals surface area contributed by atoms with Gasteiger partial charge >= 0.3 is 6.03 Å². The number of nitrogens with one attached hydrogen (secondary N) is 2. The molecule has 0 bridgehead atoms. The summed E-state index contributed by atoms with van der Waals surface area (Å²) in [4.78, 5) is 11.7. The second-order valence-corrected chi connectivity index (χ2v) is 4.82. The molecule has 110 valence electrons. The second-order valence-electron chi connectivity index (χ2n) is 4.82. The Bertz CT molecular complexity index is 553. The molecule has 0 aliphatic carbocycles. The number of hydrogen-bond acceptors (Lipinski definition) is 2. The maximum absolute atomic E-state index is 11.7. The highest BCUT2D eigenvalue weighted by atomic mass is 16.3. The minimum atomic E-state index is -0.169. The molecule has 0 aliphatic heterocycles. The van der Waals surface area contributed by atoms with E-state index in [0.29, 0.717) is 13.1 Å². The summed E-state index contributed by atoms with van der Waals surface area (Å²) < 4.78 is 0. The van der Waals surface area contributed by atoms with Crippen LogP contribution in [0, 0.1) is 0 Å². The molecule has 0 radical (unpaired) electrons. The van der Waals surface area contributed by atoms with Crippen LogP contribution < -0.4 is 10.6 Å². The van der Waals surface area contributed by atoms with Crippen LogP contribution in [0.25, 0.3) is 0 Å². The smallest absolute Gasteiger partial charge is 0.315 e. The van der Waals surface area contributed by atoms with Crippen molar-refractivity contribution in [3.05, 3.63) is 71.3 Å². The molecule has 0 fully saturated rings. The van der Waals surface area contributed by atoms with Crippen LogP contribution in [0.1, 0.15) is 16.7 Å². The fraction of sp³-hybridized carbons (Fsp3) is 0.235. The van der Waals surface area contributed by atoms with Crippen LogP contribution in [0.15, 0.2) is 54.6 Å². The summed E-state index contributed by atoms with van der Waals surface area (Å²) in [5, 5.41) is 14.6. The molecule has 2 rings (SSSR count). The van der Waals surface area contributed by atoms with Crippen LogP contribution in [0.5, 0.6) is 0 Å². The molecule has 3 N–H and O–H groups in total. The van der Waals surface area contributed by atoms with Gasteiger partial charge in [-0.25, -0.2) is 4.79 Å². The van der Waals surface area contributed by atoms with Crippen molar-refractivity contribution in [2.24, 2.45) is 0 Å². The normalized spacial score (nSPS) is 10.1. The Labute approximate surface area is 124 Å². The highest BCUT2D eigenvalue weighted by molar-refractivity contribution is 5.73. The molecular weight excluding hydrogens is 264 g/mol. The van der Waals surface area contributed by atoms with Crippen molar-refractivity contribution in [1.82, 2.24) is 10.6 Å². The number of carbonyl (C=O) groups excluding carboxylic acids is 1. The highest BCUT2D eigenvalue weighted by Gasteiger charge is 2.00. The predicted octanol–water partition coefficient (Wildman–Crippen LogP) is 2.22. The Morgan fingerprint density at radius 3 is 2.19 bits per heavy atom. The van der Waals surface area contributed by atoms with Gasteiger partial charge in [-0.3, -0.25) is 0 Å². The van der Waals surface area contributed by atoms with Crippen molar-refractivity contribution in [3.8, 4) is 0 Å². The van der Waals surface area contributed by atoms with Gasteiger partial charge in [-0.1, -0.05) is 54.6 Å². The first kappa shape index (κ1) is 15.1. The SMILES string of the molecule is O=C(NCCc1ccccc1)NCc1ccc(CO)cc1. The van der Waals surface area contributed by atoms with Crippen molar-refractivity contribution in [1.29, 1.82) is 0 Å². The lowest BCUT2D eigenvalue weighted by Crippen LogP contribution is -2.36. The molecule has 2 aromatic carbocycles. The average Bonchev–Trinajstić information content (AvgIpc) is 2.54. The van der Waals surface area contributed by atoms with Crippen molar-refractivity contribution < 1.29 is 9.90 Å². The van der Waals surface area contributed by atoms with Crippen LogP contribution in [-0.4, -0.2) is 17.7 Å². The van der Waals surface area contributed by atoms with Gasteiger partial charge in [0.2, 0.25) is 0 Å². The molecule has 2 amide bonds. The van der Waals surface area contributed by atoms with Gasteiger partial charge < -0.3 is 15.7 Å². The van der Waals surface area contributed by atoms with Crippen molar-refractivity contribution in [3.63, 3.8) is 0 Å². The summed E-state index contributed by atoms with van der Waals surface area (Å²) in [6, 6.07) is 17.4. The monoisotopic (exact) mass is 284 g/mol. The number of aliphatic hydroxyl groups excluding tert-OH is 1. The molecule has 0 unspecified atom stereocenters. The summed E-state index contributed by atoms with van der Waals surface area (Å²) in [6.07, 6.45) is 0.819. The quantitative estimate of drug-likeness (QED) is 0.761. The standard InChI is InChI=1S/C17H20N2O2/c20-13-16-8-6-15(7-9-16)12-19-17(21)18-11-10-14-4-2-1-3-5-14/h1-9,20H,10-13H2,(H2,18,19,21). The Kier molecular flexibility index (Phi) is 5.79. The lowest BCUT2D eigenvalue weighted by molar-refractivity contribution is 0.240. The molecule has 0 aliphatic rings. The van der Waals surface area contributed by atoms with Gasteiger partial charge in [0.05, 0.1) is 6.61 Å². The topological polar surface area (TPSA) is 61.4 Å². The van der Waals surface area contributed by atoms with Gasteiger partial charge in [0.1, 0.15) is 0 Å². The third kappa shape index (κ3) is 5.28. The molecule has 2 aromatic rings. The third-order valence-electron chi connectivity index (χ3n) is 3.20. The van der Waals surface area contributed by atoms with E-state index in [1.54, 1.807) is 0 Å². The molecule has 4 nitrogen and oxygen atoms in total. The largest absolute Gasteiger partial charge is 0.392 e. The Balaban J connectivity index is 1.67. The average molecular weight is 284 g/mol. The van der Waals surface area contributed by atoms with E-state index in [2.05, 4.69) is 10.6 Å². The summed E-state index contributed by atoms with van der Waals surface area (Å²) >= 11 is 0. The molecule has 0 heterocycles. The minimum Gasteiger partial charge on any atom is -0.392 e. The number of carbonyl (C=O) groups is 1. The number of amides is 2. The van der Waals surface area contributed by atoms with E-state index < -0.39 is 0 Å². The lowest BCUT2D eigenvalue weighted by Gasteiger charge is -2.08. The number of rotatable bonds is 6. The molecule has 0 saturated heterocycles. The van der Waals surface area contributed by atoms with Gasteiger partial charge in [-0.2, -0.15) is 0 Å². The van der Waals surface area contributed by atoms with Crippen molar-refractivity contribution in [2.45, 2.75) is 19.6 Å². The number of hydrogen-bond donors (Lipinski definition) is 3. The van der Waals surface area contributed by atoms with E-state index in [0.717, 1.165) is 17.5 Å². The fourth-order valence-corrected chi connectivity index (χ4v) is 1.97. The third-order valence-corrected chi connectivity index (χ3v) is 3.20. The molecule has 0 saturated carbocycles. The molecule has 0 atom stereocenters. The van der Waals surface area contributed by atoms with Gasteiger partial charge in [0.15, 0.2) is 0 Å². The Hall–Kier alpha value is -2.33. The summed E-state index contributed by atoms with van der Waals surface area (Å²) in [6.45, 7) is 1.12. The van der Waals surface area contributed by atoms with E-state index in [4.69, 9.17) is 5.11 Å². The second kappa shape index (κ2) is 8.07.